The molecule has 2 aromatic carbocycles. The van der Waals surface area contributed by atoms with E-state index in [1.807, 2.05) is 37.3 Å². The van der Waals surface area contributed by atoms with Crippen molar-refractivity contribution in [3.63, 3.8) is 0 Å². The van der Waals surface area contributed by atoms with Gasteiger partial charge in [0.1, 0.15) is 29.5 Å². The number of halogens is 1. The topological polar surface area (TPSA) is 85.1 Å². The van der Waals surface area contributed by atoms with Gasteiger partial charge in [0, 0.05) is 32.6 Å². The highest BCUT2D eigenvalue weighted by Gasteiger charge is 2.42. The highest BCUT2D eigenvalue weighted by atomic mass is 19.1. The van der Waals surface area contributed by atoms with Crippen molar-refractivity contribution in [2.75, 3.05) is 33.4 Å². The van der Waals surface area contributed by atoms with Crippen molar-refractivity contribution in [3.8, 4) is 5.75 Å². The summed E-state index contributed by atoms with van der Waals surface area (Å²) in [7, 11) is 1.74. The van der Waals surface area contributed by atoms with E-state index in [1.54, 1.807) is 22.9 Å². The maximum absolute atomic E-state index is 13.4. The molecule has 0 aliphatic carbocycles. The SMILES string of the molecule is CCCc1cc(C(=O)N2CCO[C@@](COc3ccc(F)cc3)(CC(=O)N(C)Cc3ccccc3)C2)no1. The molecule has 196 valence electrons. The zero-order valence-electron chi connectivity index (χ0n) is 21.2. The van der Waals surface area contributed by atoms with Crippen LogP contribution in [0.1, 0.15) is 41.6 Å². The van der Waals surface area contributed by atoms with Crippen LogP contribution in [0.15, 0.2) is 65.2 Å². The molecule has 0 saturated carbocycles. The lowest BCUT2D eigenvalue weighted by atomic mass is 9.96. The highest BCUT2D eigenvalue weighted by Crippen LogP contribution is 2.27. The Morgan fingerprint density at radius 1 is 1.16 bits per heavy atom. The highest BCUT2D eigenvalue weighted by molar-refractivity contribution is 5.92. The Morgan fingerprint density at radius 2 is 1.92 bits per heavy atom. The monoisotopic (exact) mass is 509 g/mol. The largest absolute Gasteiger partial charge is 0.490 e. The molecule has 9 heteroatoms. The molecule has 0 N–H and O–H groups in total. The molecule has 1 aromatic heterocycles. The first-order chi connectivity index (χ1) is 17.9. The van der Waals surface area contributed by atoms with Crippen molar-refractivity contribution >= 4 is 11.8 Å². The van der Waals surface area contributed by atoms with Crippen LogP contribution in [0.25, 0.3) is 0 Å². The van der Waals surface area contributed by atoms with Gasteiger partial charge in [-0.3, -0.25) is 9.59 Å². The number of aryl methyl sites for hydroxylation is 1. The summed E-state index contributed by atoms with van der Waals surface area (Å²) in [4.78, 5) is 29.8. The average molecular weight is 510 g/mol. The lowest BCUT2D eigenvalue weighted by molar-refractivity contribution is -0.152. The minimum atomic E-state index is -1.10. The molecule has 0 spiro atoms. The second-order valence-electron chi connectivity index (χ2n) is 9.34. The third-order valence-corrected chi connectivity index (χ3v) is 6.29. The molecule has 3 aromatic rings. The van der Waals surface area contributed by atoms with Crippen LogP contribution < -0.4 is 4.74 Å². The van der Waals surface area contributed by atoms with Crippen LogP contribution in [-0.4, -0.2) is 65.7 Å². The Labute approximate surface area is 215 Å². The normalized spacial score (nSPS) is 17.4. The lowest BCUT2D eigenvalue weighted by Gasteiger charge is -2.42. The summed E-state index contributed by atoms with van der Waals surface area (Å²) in [5, 5.41) is 3.95. The maximum Gasteiger partial charge on any atom is 0.276 e. The summed E-state index contributed by atoms with van der Waals surface area (Å²) < 4.78 is 30.7. The fourth-order valence-electron chi connectivity index (χ4n) is 4.31. The Kier molecular flexibility index (Phi) is 8.55. The maximum atomic E-state index is 13.4. The van der Waals surface area contributed by atoms with Crippen molar-refractivity contribution in [1.29, 1.82) is 0 Å². The molecular formula is C28H32FN3O5. The van der Waals surface area contributed by atoms with Gasteiger partial charge in [0.05, 0.1) is 19.6 Å². The quantitative estimate of drug-likeness (QED) is 0.409. The Hall–Kier alpha value is -3.72. The predicted octanol–water partition coefficient (Wildman–Crippen LogP) is 4.11. The van der Waals surface area contributed by atoms with Gasteiger partial charge in [-0.25, -0.2) is 4.39 Å². The molecule has 2 amide bonds. The van der Waals surface area contributed by atoms with E-state index >= 15 is 0 Å². The Morgan fingerprint density at radius 3 is 2.65 bits per heavy atom. The Bertz CT molecular complexity index is 1180. The number of rotatable bonds is 10. The minimum Gasteiger partial charge on any atom is -0.490 e. The van der Waals surface area contributed by atoms with Gasteiger partial charge < -0.3 is 23.8 Å². The van der Waals surface area contributed by atoms with Gasteiger partial charge in [0.25, 0.3) is 5.91 Å². The van der Waals surface area contributed by atoms with Gasteiger partial charge in [-0.1, -0.05) is 42.4 Å². The third-order valence-electron chi connectivity index (χ3n) is 6.29. The van der Waals surface area contributed by atoms with Gasteiger partial charge in [-0.15, -0.1) is 0 Å². The van der Waals surface area contributed by atoms with E-state index in [-0.39, 0.29) is 49.5 Å². The molecule has 1 aliphatic heterocycles. The molecule has 0 bridgehead atoms. The molecular weight excluding hydrogens is 477 g/mol. The van der Waals surface area contributed by atoms with Gasteiger partial charge in [0.2, 0.25) is 5.91 Å². The van der Waals surface area contributed by atoms with E-state index in [0.29, 0.717) is 31.0 Å². The van der Waals surface area contributed by atoms with Crippen LogP contribution in [0.3, 0.4) is 0 Å². The van der Waals surface area contributed by atoms with Gasteiger partial charge in [0.15, 0.2) is 5.69 Å². The van der Waals surface area contributed by atoms with E-state index < -0.39 is 5.60 Å². The molecule has 1 saturated heterocycles. The average Bonchev–Trinajstić information content (AvgIpc) is 3.37. The second-order valence-corrected chi connectivity index (χ2v) is 9.34. The van der Waals surface area contributed by atoms with Gasteiger partial charge in [-0.05, 0) is 36.2 Å². The van der Waals surface area contributed by atoms with E-state index in [1.165, 1.54) is 24.3 Å². The number of morpholine rings is 1. The van der Waals surface area contributed by atoms with E-state index in [9.17, 15) is 14.0 Å². The van der Waals surface area contributed by atoms with E-state index in [4.69, 9.17) is 14.0 Å². The second kappa shape index (κ2) is 12.0. The fraction of sp³-hybridized carbons (Fsp3) is 0.393. The summed E-state index contributed by atoms with van der Waals surface area (Å²) in [6.45, 7) is 3.18. The number of amides is 2. The first-order valence-corrected chi connectivity index (χ1v) is 12.4. The molecule has 8 nitrogen and oxygen atoms in total. The number of hydrogen-bond acceptors (Lipinski definition) is 6. The number of aromatic nitrogens is 1. The van der Waals surface area contributed by atoms with Crippen LogP contribution in [0, 0.1) is 5.82 Å². The number of benzene rings is 2. The fourth-order valence-corrected chi connectivity index (χ4v) is 4.31. The van der Waals surface area contributed by atoms with Crippen LogP contribution in [0.4, 0.5) is 4.39 Å². The minimum absolute atomic E-state index is 0.00120. The number of carbonyl (C=O) groups excluding carboxylic acids is 2. The van der Waals surface area contributed by atoms with Gasteiger partial charge >= 0.3 is 0 Å². The van der Waals surface area contributed by atoms with Crippen molar-refractivity contribution in [2.24, 2.45) is 0 Å². The zero-order valence-corrected chi connectivity index (χ0v) is 21.2. The summed E-state index contributed by atoms with van der Waals surface area (Å²) >= 11 is 0. The van der Waals surface area contributed by atoms with Crippen molar-refractivity contribution in [2.45, 2.75) is 38.3 Å². The number of hydrogen-bond donors (Lipinski definition) is 0. The molecule has 0 unspecified atom stereocenters. The van der Waals surface area contributed by atoms with Gasteiger partial charge in [-0.2, -0.15) is 0 Å². The molecule has 37 heavy (non-hydrogen) atoms. The smallest absolute Gasteiger partial charge is 0.276 e. The van der Waals surface area contributed by atoms with Crippen molar-refractivity contribution in [1.82, 2.24) is 15.0 Å². The van der Waals surface area contributed by atoms with Crippen LogP contribution in [0.5, 0.6) is 5.75 Å². The molecule has 0 radical (unpaired) electrons. The van der Waals surface area contributed by atoms with Crippen LogP contribution >= 0.6 is 0 Å². The number of carbonyl (C=O) groups is 2. The molecule has 1 aliphatic rings. The number of nitrogens with zero attached hydrogens (tertiary/aromatic N) is 3. The molecule has 1 fully saturated rings. The van der Waals surface area contributed by atoms with Crippen LogP contribution in [-0.2, 0) is 22.5 Å². The van der Waals surface area contributed by atoms with Crippen molar-refractivity contribution in [3.05, 3.63) is 83.5 Å². The molecule has 4 rings (SSSR count). The molecule has 2 heterocycles. The first kappa shape index (κ1) is 26.3. The standard InChI is InChI=1S/C28H32FN3O5/c1-3-7-24-16-25(30-37-24)27(34)32-14-15-36-28(19-32,20-35-23-12-10-22(29)11-13-23)17-26(33)31(2)18-21-8-5-4-6-9-21/h4-6,8-13,16H,3,7,14-15,17-20H2,1-2H3/t28-/m0/s1. The van der Waals surface area contributed by atoms with E-state index in [0.717, 1.165) is 12.0 Å². The van der Waals surface area contributed by atoms with Crippen molar-refractivity contribution < 1.29 is 28.0 Å². The predicted molar refractivity (Wildman–Crippen MR) is 135 cm³/mol. The molecule has 1 atom stereocenters. The van der Waals surface area contributed by atoms with E-state index in [2.05, 4.69) is 5.16 Å². The first-order valence-electron chi connectivity index (χ1n) is 12.4. The summed E-state index contributed by atoms with van der Waals surface area (Å²) in [5.41, 5.74) is 0.136. The summed E-state index contributed by atoms with van der Waals surface area (Å²) in [5.74, 6) is 0.292. The Balaban J connectivity index is 1.51. The third kappa shape index (κ3) is 6.95. The zero-order chi connectivity index (χ0) is 26.3. The summed E-state index contributed by atoms with van der Waals surface area (Å²) in [6.07, 6.45) is 1.57. The summed E-state index contributed by atoms with van der Waals surface area (Å²) in [6, 6.07) is 17.0. The van der Waals surface area contributed by atoms with Crippen LogP contribution in [0.2, 0.25) is 0 Å². The number of ether oxygens (including phenoxy) is 2. The lowest BCUT2D eigenvalue weighted by Crippen LogP contribution is -2.58.